The van der Waals surface area contributed by atoms with Crippen molar-refractivity contribution in [1.82, 2.24) is 0 Å². The first kappa shape index (κ1) is 12.2. The number of nitrogens with one attached hydrogen (secondary N) is 1. The van der Waals surface area contributed by atoms with Crippen LogP contribution in [0.15, 0.2) is 36.4 Å². The lowest BCUT2D eigenvalue weighted by molar-refractivity contribution is 0.414. The van der Waals surface area contributed by atoms with E-state index in [0.29, 0.717) is 17.1 Å². The minimum atomic E-state index is -0.328. The van der Waals surface area contributed by atoms with Crippen LogP contribution in [0.5, 0.6) is 5.75 Å². The Labute approximate surface area is 105 Å². The van der Waals surface area contributed by atoms with Crippen LogP contribution in [0.25, 0.3) is 0 Å². The molecule has 4 heteroatoms. The predicted octanol–water partition coefficient (Wildman–Crippen LogP) is 3.47. The predicted molar refractivity (Wildman–Crippen MR) is 71.8 cm³/mol. The normalized spacial score (nSPS) is 10.2. The molecule has 0 spiro atoms. The fraction of sp³-hybridized carbons (Fsp3) is 0.143. The molecule has 0 aliphatic rings. The van der Waals surface area contributed by atoms with Gasteiger partial charge in [0, 0.05) is 17.4 Å². The average Bonchev–Trinajstić information content (AvgIpc) is 2.36. The summed E-state index contributed by atoms with van der Waals surface area (Å²) in [4.78, 5) is 0. The van der Waals surface area contributed by atoms with Crippen molar-refractivity contribution in [2.24, 2.45) is 0 Å². The summed E-state index contributed by atoms with van der Waals surface area (Å²) in [5, 5.41) is 3.00. The van der Waals surface area contributed by atoms with Gasteiger partial charge in [-0.05, 0) is 42.8 Å². The highest BCUT2D eigenvalue weighted by atomic mass is 19.1. The van der Waals surface area contributed by atoms with Crippen LogP contribution in [0.4, 0.5) is 21.5 Å². The number of nitrogen functional groups attached to an aromatic ring is 1. The minimum absolute atomic E-state index is 0.328. The van der Waals surface area contributed by atoms with E-state index in [1.165, 1.54) is 6.07 Å². The first-order valence-electron chi connectivity index (χ1n) is 5.57. The lowest BCUT2D eigenvalue weighted by Gasteiger charge is -2.10. The van der Waals surface area contributed by atoms with E-state index in [-0.39, 0.29) is 5.82 Å². The molecule has 0 saturated carbocycles. The fourth-order valence-electron chi connectivity index (χ4n) is 1.64. The highest BCUT2D eigenvalue weighted by Crippen LogP contribution is 2.26. The maximum Gasteiger partial charge on any atom is 0.146 e. The molecule has 0 aliphatic carbocycles. The second-order valence-electron chi connectivity index (χ2n) is 4.04. The Balaban J connectivity index is 2.30. The smallest absolute Gasteiger partial charge is 0.146 e. The largest absolute Gasteiger partial charge is 0.497 e. The summed E-state index contributed by atoms with van der Waals surface area (Å²) in [6.07, 6.45) is 0. The zero-order chi connectivity index (χ0) is 13.1. The van der Waals surface area contributed by atoms with E-state index in [0.717, 1.165) is 11.3 Å². The second-order valence-corrected chi connectivity index (χ2v) is 4.04. The van der Waals surface area contributed by atoms with E-state index in [1.54, 1.807) is 31.4 Å². The molecule has 0 radical (unpaired) electrons. The van der Waals surface area contributed by atoms with Crippen molar-refractivity contribution >= 4 is 17.1 Å². The topological polar surface area (TPSA) is 47.3 Å². The van der Waals surface area contributed by atoms with Gasteiger partial charge < -0.3 is 15.8 Å². The maximum atomic E-state index is 13.6. The van der Waals surface area contributed by atoms with Crippen LogP contribution in [0, 0.1) is 12.7 Å². The molecule has 0 bridgehead atoms. The third-order valence-corrected chi connectivity index (χ3v) is 2.72. The monoisotopic (exact) mass is 246 g/mol. The quantitative estimate of drug-likeness (QED) is 0.815. The number of rotatable bonds is 3. The number of methoxy groups -OCH3 is 1. The highest BCUT2D eigenvalue weighted by Gasteiger charge is 2.05. The number of hydrogen-bond donors (Lipinski definition) is 2. The van der Waals surface area contributed by atoms with Crippen LogP contribution in [0.2, 0.25) is 0 Å². The van der Waals surface area contributed by atoms with Crippen molar-refractivity contribution in [2.75, 3.05) is 18.2 Å². The van der Waals surface area contributed by atoms with Gasteiger partial charge in [0.25, 0.3) is 0 Å². The molecule has 2 aromatic rings. The van der Waals surface area contributed by atoms with Gasteiger partial charge >= 0.3 is 0 Å². The lowest BCUT2D eigenvalue weighted by atomic mass is 10.2. The zero-order valence-electron chi connectivity index (χ0n) is 10.3. The van der Waals surface area contributed by atoms with Gasteiger partial charge in [0.2, 0.25) is 0 Å². The van der Waals surface area contributed by atoms with Gasteiger partial charge in [0.05, 0.1) is 12.8 Å². The van der Waals surface area contributed by atoms with E-state index in [4.69, 9.17) is 10.5 Å². The molecule has 0 saturated heterocycles. The third kappa shape index (κ3) is 2.53. The Bertz CT molecular complexity index is 570. The molecule has 0 heterocycles. The summed E-state index contributed by atoms with van der Waals surface area (Å²) in [5.41, 5.74) is 8.56. The molecular weight excluding hydrogens is 231 g/mol. The molecule has 3 nitrogen and oxygen atoms in total. The van der Waals surface area contributed by atoms with Crippen molar-refractivity contribution < 1.29 is 9.13 Å². The van der Waals surface area contributed by atoms with E-state index in [9.17, 15) is 4.39 Å². The number of nitrogens with two attached hydrogens (primary N) is 1. The van der Waals surface area contributed by atoms with Gasteiger partial charge in [0.15, 0.2) is 0 Å². The zero-order valence-corrected chi connectivity index (χ0v) is 10.3. The Morgan fingerprint density at radius 3 is 2.61 bits per heavy atom. The van der Waals surface area contributed by atoms with E-state index in [2.05, 4.69) is 5.32 Å². The maximum absolute atomic E-state index is 13.6. The number of halogens is 1. The minimum Gasteiger partial charge on any atom is -0.497 e. The molecule has 0 unspecified atom stereocenters. The first-order chi connectivity index (χ1) is 8.60. The van der Waals surface area contributed by atoms with E-state index < -0.39 is 0 Å². The van der Waals surface area contributed by atoms with Crippen LogP contribution in [-0.2, 0) is 0 Å². The average molecular weight is 246 g/mol. The molecular formula is C14H15FN2O. The number of hydrogen-bond acceptors (Lipinski definition) is 3. The molecule has 0 aromatic heterocycles. The fourth-order valence-corrected chi connectivity index (χ4v) is 1.64. The molecule has 2 aromatic carbocycles. The summed E-state index contributed by atoms with van der Waals surface area (Å²) in [5.74, 6) is 0.274. The number of benzene rings is 2. The second kappa shape index (κ2) is 4.96. The van der Waals surface area contributed by atoms with Gasteiger partial charge in [-0.1, -0.05) is 0 Å². The molecule has 94 valence electrons. The van der Waals surface area contributed by atoms with Crippen LogP contribution < -0.4 is 15.8 Å². The first-order valence-corrected chi connectivity index (χ1v) is 5.57. The van der Waals surface area contributed by atoms with Crippen LogP contribution in [-0.4, -0.2) is 7.11 Å². The highest BCUT2D eigenvalue weighted by molar-refractivity contribution is 5.65. The molecule has 0 amide bonds. The standard InChI is InChI=1S/C14H15FN2O/c1-9-7-10(3-6-13(9)16)17-14-8-11(18-2)4-5-12(14)15/h3-8,17H,16H2,1-2H3. The number of anilines is 3. The summed E-state index contributed by atoms with van der Waals surface area (Å²) in [6, 6.07) is 10.0. The Kier molecular flexibility index (Phi) is 3.37. The van der Waals surface area contributed by atoms with Crippen molar-refractivity contribution in [3.05, 3.63) is 47.8 Å². The summed E-state index contributed by atoms with van der Waals surface area (Å²) in [6.45, 7) is 1.91. The third-order valence-electron chi connectivity index (χ3n) is 2.72. The lowest BCUT2D eigenvalue weighted by Crippen LogP contribution is -1.97. The molecule has 2 rings (SSSR count). The summed E-state index contributed by atoms with van der Waals surface area (Å²) < 4.78 is 18.7. The molecule has 0 aliphatic heterocycles. The van der Waals surface area contributed by atoms with Gasteiger partial charge in [0.1, 0.15) is 11.6 Å². The van der Waals surface area contributed by atoms with E-state index in [1.807, 2.05) is 13.0 Å². The number of ether oxygens (including phenoxy) is 1. The molecule has 18 heavy (non-hydrogen) atoms. The van der Waals surface area contributed by atoms with E-state index >= 15 is 0 Å². The van der Waals surface area contributed by atoms with Gasteiger partial charge in [-0.25, -0.2) is 4.39 Å². The Morgan fingerprint density at radius 1 is 1.17 bits per heavy atom. The number of aryl methyl sites for hydroxylation is 1. The van der Waals surface area contributed by atoms with Crippen molar-refractivity contribution in [3.8, 4) is 5.75 Å². The Hall–Kier alpha value is -2.23. The van der Waals surface area contributed by atoms with Crippen LogP contribution in [0.3, 0.4) is 0 Å². The van der Waals surface area contributed by atoms with Crippen LogP contribution in [0.1, 0.15) is 5.56 Å². The SMILES string of the molecule is COc1ccc(F)c(Nc2ccc(N)c(C)c2)c1. The molecule has 0 fully saturated rings. The van der Waals surface area contributed by atoms with Crippen LogP contribution >= 0.6 is 0 Å². The summed E-state index contributed by atoms with van der Waals surface area (Å²) >= 11 is 0. The van der Waals surface area contributed by atoms with Gasteiger partial charge in [-0.3, -0.25) is 0 Å². The van der Waals surface area contributed by atoms with Crippen molar-refractivity contribution in [2.45, 2.75) is 6.92 Å². The van der Waals surface area contributed by atoms with Gasteiger partial charge in [-0.15, -0.1) is 0 Å². The Morgan fingerprint density at radius 2 is 1.94 bits per heavy atom. The molecule has 3 N–H and O–H groups in total. The summed E-state index contributed by atoms with van der Waals surface area (Å²) in [7, 11) is 1.55. The molecule has 0 atom stereocenters. The van der Waals surface area contributed by atoms with Gasteiger partial charge in [-0.2, -0.15) is 0 Å². The van der Waals surface area contributed by atoms with Crippen molar-refractivity contribution in [1.29, 1.82) is 0 Å². The van der Waals surface area contributed by atoms with Crippen molar-refractivity contribution in [3.63, 3.8) is 0 Å².